The molecule has 3 aromatic heterocycles. The second-order valence-electron chi connectivity index (χ2n) is 5.65. The summed E-state index contributed by atoms with van der Waals surface area (Å²) in [7, 11) is 0. The maximum absolute atomic E-state index is 9.25. The van der Waals surface area contributed by atoms with E-state index in [0.717, 1.165) is 16.8 Å². The van der Waals surface area contributed by atoms with E-state index in [1.807, 2.05) is 43.5 Å². The van der Waals surface area contributed by atoms with Gasteiger partial charge in [-0.1, -0.05) is 6.07 Å². The van der Waals surface area contributed by atoms with E-state index in [2.05, 4.69) is 30.6 Å². The molecule has 0 aliphatic heterocycles. The number of aliphatic hydroxyl groups excluding tert-OH is 1. The SMILES string of the molecule is C[C@H](CO)Nc1nc(NCc2cccnc2)cc(-c2cccnc2)n1. The van der Waals surface area contributed by atoms with Crippen molar-refractivity contribution in [2.75, 3.05) is 17.2 Å². The Bertz CT molecular complexity index is 797. The quantitative estimate of drug-likeness (QED) is 0.609. The Morgan fingerprint density at radius 3 is 2.56 bits per heavy atom. The van der Waals surface area contributed by atoms with E-state index >= 15 is 0 Å². The standard InChI is InChI=1S/C18H20N6O/c1-13(12-25)22-18-23-16(15-5-3-7-20-11-15)8-17(24-18)21-10-14-4-2-6-19-9-14/h2-9,11,13,25H,10,12H2,1H3,(H2,21,22,23,24)/t13-/m1/s1. The van der Waals surface area contributed by atoms with Crippen LogP contribution in [0.25, 0.3) is 11.3 Å². The molecule has 0 saturated heterocycles. The van der Waals surface area contributed by atoms with Crippen molar-refractivity contribution in [1.82, 2.24) is 19.9 Å². The lowest BCUT2D eigenvalue weighted by Gasteiger charge is -2.14. The minimum atomic E-state index is -0.143. The van der Waals surface area contributed by atoms with Crippen LogP contribution in [-0.4, -0.2) is 37.7 Å². The lowest BCUT2D eigenvalue weighted by atomic mass is 10.2. The van der Waals surface area contributed by atoms with Crippen LogP contribution in [0.1, 0.15) is 12.5 Å². The van der Waals surface area contributed by atoms with E-state index in [4.69, 9.17) is 0 Å². The highest BCUT2D eigenvalue weighted by atomic mass is 16.3. The second kappa shape index (κ2) is 8.16. The zero-order valence-corrected chi connectivity index (χ0v) is 13.9. The van der Waals surface area contributed by atoms with E-state index < -0.39 is 0 Å². The van der Waals surface area contributed by atoms with Crippen molar-refractivity contribution in [3.8, 4) is 11.3 Å². The third-order valence-electron chi connectivity index (χ3n) is 3.53. The van der Waals surface area contributed by atoms with Crippen molar-refractivity contribution >= 4 is 11.8 Å². The van der Waals surface area contributed by atoms with Crippen LogP contribution in [0.2, 0.25) is 0 Å². The Labute approximate surface area is 146 Å². The van der Waals surface area contributed by atoms with E-state index in [0.29, 0.717) is 18.3 Å². The molecule has 0 fully saturated rings. The zero-order chi connectivity index (χ0) is 17.5. The summed E-state index contributed by atoms with van der Waals surface area (Å²) in [5, 5.41) is 15.6. The van der Waals surface area contributed by atoms with Crippen molar-refractivity contribution in [3.05, 3.63) is 60.7 Å². The average molecular weight is 336 g/mol. The summed E-state index contributed by atoms with van der Waals surface area (Å²) in [6.45, 7) is 2.47. The molecule has 0 aliphatic rings. The molecule has 0 aromatic carbocycles. The fraction of sp³-hybridized carbons (Fsp3) is 0.222. The average Bonchev–Trinajstić information content (AvgIpc) is 2.67. The first kappa shape index (κ1) is 16.8. The first-order valence-electron chi connectivity index (χ1n) is 8.04. The Morgan fingerprint density at radius 2 is 1.88 bits per heavy atom. The molecular formula is C18H20N6O. The van der Waals surface area contributed by atoms with Crippen molar-refractivity contribution in [2.45, 2.75) is 19.5 Å². The molecule has 3 N–H and O–H groups in total. The van der Waals surface area contributed by atoms with Gasteiger partial charge in [-0.15, -0.1) is 0 Å². The highest BCUT2D eigenvalue weighted by Gasteiger charge is 2.09. The molecule has 25 heavy (non-hydrogen) atoms. The second-order valence-corrected chi connectivity index (χ2v) is 5.65. The molecule has 3 heterocycles. The number of anilines is 2. The zero-order valence-electron chi connectivity index (χ0n) is 13.9. The first-order chi connectivity index (χ1) is 12.2. The lowest BCUT2D eigenvalue weighted by molar-refractivity contribution is 0.281. The molecule has 0 bridgehead atoms. The van der Waals surface area contributed by atoms with Crippen LogP contribution in [0, 0.1) is 0 Å². The number of aliphatic hydroxyl groups is 1. The Morgan fingerprint density at radius 1 is 1.08 bits per heavy atom. The molecule has 0 radical (unpaired) electrons. The third-order valence-corrected chi connectivity index (χ3v) is 3.53. The highest BCUT2D eigenvalue weighted by Crippen LogP contribution is 2.21. The van der Waals surface area contributed by atoms with Gasteiger partial charge >= 0.3 is 0 Å². The van der Waals surface area contributed by atoms with Gasteiger partial charge in [-0.3, -0.25) is 9.97 Å². The molecule has 0 unspecified atom stereocenters. The molecule has 1 atom stereocenters. The predicted octanol–water partition coefficient (Wildman–Crippen LogP) is 2.34. The number of hydrogen-bond donors (Lipinski definition) is 3. The lowest BCUT2D eigenvalue weighted by Crippen LogP contribution is -2.21. The van der Waals surface area contributed by atoms with Crippen molar-refractivity contribution in [2.24, 2.45) is 0 Å². The summed E-state index contributed by atoms with van der Waals surface area (Å²) in [6, 6.07) is 9.44. The van der Waals surface area contributed by atoms with Gasteiger partial charge in [0, 0.05) is 49.0 Å². The number of aromatic nitrogens is 4. The minimum absolute atomic E-state index is 0.00106. The predicted molar refractivity (Wildman–Crippen MR) is 97.0 cm³/mol. The first-order valence-corrected chi connectivity index (χ1v) is 8.04. The molecule has 0 amide bonds. The van der Waals surface area contributed by atoms with Gasteiger partial charge in [0.15, 0.2) is 0 Å². The Balaban J connectivity index is 1.86. The molecule has 0 saturated carbocycles. The van der Waals surface area contributed by atoms with Gasteiger partial charge in [-0.25, -0.2) is 4.98 Å². The number of nitrogens with one attached hydrogen (secondary N) is 2. The molecule has 7 heteroatoms. The molecule has 0 spiro atoms. The molecule has 7 nitrogen and oxygen atoms in total. The largest absolute Gasteiger partial charge is 0.394 e. The van der Waals surface area contributed by atoms with Crippen LogP contribution in [0.5, 0.6) is 0 Å². The summed E-state index contributed by atoms with van der Waals surface area (Å²) in [5.41, 5.74) is 2.71. The highest BCUT2D eigenvalue weighted by molar-refractivity contribution is 5.63. The van der Waals surface area contributed by atoms with Crippen LogP contribution < -0.4 is 10.6 Å². The van der Waals surface area contributed by atoms with Crippen LogP contribution in [0.4, 0.5) is 11.8 Å². The Hall–Kier alpha value is -3.06. The molecule has 3 rings (SSSR count). The van der Waals surface area contributed by atoms with E-state index in [-0.39, 0.29) is 12.6 Å². The summed E-state index contributed by atoms with van der Waals surface area (Å²) in [4.78, 5) is 17.2. The molecule has 3 aromatic rings. The topological polar surface area (TPSA) is 95.8 Å². The maximum Gasteiger partial charge on any atom is 0.225 e. The van der Waals surface area contributed by atoms with Crippen LogP contribution in [0.15, 0.2) is 55.1 Å². The Kier molecular flexibility index (Phi) is 5.48. The van der Waals surface area contributed by atoms with Crippen molar-refractivity contribution in [3.63, 3.8) is 0 Å². The van der Waals surface area contributed by atoms with Crippen molar-refractivity contribution < 1.29 is 5.11 Å². The number of pyridine rings is 2. The smallest absolute Gasteiger partial charge is 0.225 e. The molecular weight excluding hydrogens is 316 g/mol. The summed E-state index contributed by atoms with van der Waals surface area (Å²) >= 11 is 0. The van der Waals surface area contributed by atoms with Gasteiger partial charge in [0.1, 0.15) is 5.82 Å². The molecule has 0 aliphatic carbocycles. The van der Waals surface area contributed by atoms with Crippen LogP contribution in [-0.2, 0) is 6.54 Å². The molecule has 128 valence electrons. The van der Waals surface area contributed by atoms with Crippen molar-refractivity contribution in [1.29, 1.82) is 0 Å². The monoisotopic (exact) mass is 336 g/mol. The van der Waals surface area contributed by atoms with E-state index in [1.54, 1.807) is 18.6 Å². The van der Waals surface area contributed by atoms with Gasteiger partial charge in [-0.2, -0.15) is 4.98 Å². The normalized spacial score (nSPS) is 11.8. The van der Waals surface area contributed by atoms with Gasteiger partial charge in [-0.05, 0) is 30.7 Å². The van der Waals surface area contributed by atoms with Gasteiger partial charge in [0.05, 0.1) is 12.3 Å². The number of hydrogen-bond acceptors (Lipinski definition) is 7. The fourth-order valence-corrected chi connectivity index (χ4v) is 2.23. The fourth-order valence-electron chi connectivity index (χ4n) is 2.23. The third kappa shape index (κ3) is 4.71. The van der Waals surface area contributed by atoms with Gasteiger partial charge in [0.25, 0.3) is 0 Å². The van der Waals surface area contributed by atoms with E-state index in [1.165, 1.54) is 0 Å². The van der Waals surface area contributed by atoms with Gasteiger partial charge < -0.3 is 15.7 Å². The number of nitrogens with zero attached hydrogens (tertiary/aromatic N) is 4. The summed E-state index contributed by atoms with van der Waals surface area (Å²) in [6.07, 6.45) is 7.03. The van der Waals surface area contributed by atoms with Gasteiger partial charge in [0.2, 0.25) is 5.95 Å². The van der Waals surface area contributed by atoms with Crippen LogP contribution in [0.3, 0.4) is 0 Å². The summed E-state index contributed by atoms with van der Waals surface area (Å²) in [5.74, 6) is 1.14. The summed E-state index contributed by atoms with van der Waals surface area (Å²) < 4.78 is 0. The number of rotatable bonds is 7. The van der Waals surface area contributed by atoms with Crippen LogP contribution >= 0.6 is 0 Å². The maximum atomic E-state index is 9.25. The minimum Gasteiger partial charge on any atom is -0.394 e. The van der Waals surface area contributed by atoms with E-state index in [9.17, 15) is 5.11 Å².